The summed E-state index contributed by atoms with van der Waals surface area (Å²) in [4.78, 5) is 19.2. The topological polar surface area (TPSA) is 99.0 Å². The number of nitrogens with one attached hydrogen (secondary N) is 1. The summed E-state index contributed by atoms with van der Waals surface area (Å²) < 4.78 is 21.8. The normalized spacial score (nSPS) is 15.9. The molecule has 0 saturated carbocycles. The summed E-state index contributed by atoms with van der Waals surface area (Å²) in [6, 6.07) is 14.3. The van der Waals surface area contributed by atoms with Crippen LogP contribution < -0.4 is 14.8 Å². The van der Waals surface area contributed by atoms with Crippen molar-refractivity contribution in [2.45, 2.75) is 19.9 Å². The molecule has 0 aliphatic carbocycles. The molecule has 1 aromatic heterocycles. The van der Waals surface area contributed by atoms with E-state index in [0.29, 0.717) is 42.8 Å². The molecule has 2 amide bonds. The van der Waals surface area contributed by atoms with E-state index in [2.05, 4.69) is 15.5 Å². The first-order valence-electron chi connectivity index (χ1n) is 11.0. The number of rotatable bonds is 9. The number of benzene rings is 2. The number of hydrogen-bond acceptors (Lipinski definition) is 7. The van der Waals surface area contributed by atoms with Gasteiger partial charge in [0.25, 0.3) is 5.89 Å². The van der Waals surface area contributed by atoms with E-state index in [1.807, 2.05) is 62.4 Å². The molecule has 9 nitrogen and oxygen atoms in total. The smallest absolute Gasteiger partial charge is 0.322 e. The van der Waals surface area contributed by atoms with E-state index >= 15 is 0 Å². The maximum atomic E-state index is 13.0. The molecule has 178 valence electrons. The largest absolute Gasteiger partial charge is 0.497 e. The highest BCUT2D eigenvalue weighted by Crippen LogP contribution is 2.38. The van der Waals surface area contributed by atoms with Crippen LogP contribution in [-0.4, -0.2) is 55.0 Å². The summed E-state index contributed by atoms with van der Waals surface area (Å²) in [6.45, 7) is 5.19. The molecule has 0 radical (unpaired) electrons. The maximum absolute atomic E-state index is 13.0. The molecule has 1 aliphatic rings. The number of nitrogens with zero attached hydrogens (tertiary/aromatic N) is 3. The molecule has 1 N–H and O–H groups in total. The third kappa shape index (κ3) is 4.74. The average molecular weight is 465 g/mol. The van der Waals surface area contributed by atoms with Crippen molar-refractivity contribution < 1.29 is 23.5 Å². The summed E-state index contributed by atoms with van der Waals surface area (Å²) in [5.74, 6) is 2.24. The summed E-state index contributed by atoms with van der Waals surface area (Å²) in [7, 11) is 3.20. The number of urea groups is 1. The van der Waals surface area contributed by atoms with Gasteiger partial charge in [0.05, 0.1) is 38.5 Å². The zero-order valence-corrected chi connectivity index (χ0v) is 19.7. The van der Waals surface area contributed by atoms with Gasteiger partial charge in [0.15, 0.2) is 0 Å². The Balaban J connectivity index is 1.75. The van der Waals surface area contributed by atoms with Crippen molar-refractivity contribution in [1.82, 2.24) is 20.4 Å². The molecule has 0 saturated heterocycles. The van der Waals surface area contributed by atoms with Gasteiger partial charge in [-0.25, -0.2) is 4.79 Å². The van der Waals surface area contributed by atoms with Crippen LogP contribution in [0.5, 0.6) is 11.5 Å². The van der Waals surface area contributed by atoms with Crippen LogP contribution >= 0.6 is 0 Å². The molecule has 9 heteroatoms. The molecule has 0 fully saturated rings. The van der Waals surface area contributed by atoms with Crippen LogP contribution in [0.1, 0.15) is 31.3 Å². The van der Waals surface area contributed by atoms with E-state index in [4.69, 9.17) is 18.7 Å². The fraction of sp³-hybridized carbons (Fsp3) is 0.320. The second-order valence-electron chi connectivity index (χ2n) is 7.68. The number of carbonyl (C=O) groups excluding carboxylic acids is 1. The Morgan fingerprint density at radius 3 is 2.62 bits per heavy atom. The minimum absolute atomic E-state index is 0.225. The van der Waals surface area contributed by atoms with E-state index in [9.17, 15) is 4.79 Å². The second-order valence-corrected chi connectivity index (χ2v) is 7.68. The number of allylic oxidation sites excluding steroid dienone is 1. The highest BCUT2D eigenvalue weighted by Gasteiger charge is 2.35. The summed E-state index contributed by atoms with van der Waals surface area (Å²) in [5.41, 5.74) is 3.07. The van der Waals surface area contributed by atoms with E-state index in [0.717, 1.165) is 22.6 Å². The molecule has 34 heavy (non-hydrogen) atoms. The van der Waals surface area contributed by atoms with Gasteiger partial charge in [0.2, 0.25) is 5.82 Å². The van der Waals surface area contributed by atoms with Crippen LogP contribution in [0.2, 0.25) is 0 Å². The van der Waals surface area contributed by atoms with Gasteiger partial charge in [-0.3, -0.25) is 4.90 Å². The first-order chi connectivity index (χ1) is 16.5. The van der Waals surface area contributed by atoms with E-state index in [1.165, 1.54) is 0 Å². The van der Waals surface area contributed by atoms with Crippen molar-refractivity contribution in [1.29, 1.82) is 0 Å². The van der Waals surface area contributed by atoms with E-state index < -0.39 is 6.04 Å². The van der Waals surface area contributed by atoms with Crippen molar-refractivity contribution in [2.75, 3.05) is 34.0 Å². The van der Waals surface area contributed by atoms with Crippen molar-refractivity contribution in [3.05, 3.63) is 65.7 Å². The van der Waals surface area contributed by atoms with Crippen LogP contribution in [0, 0.1) is 0 Å². The number of aromatic nitrogens is 2. The monoisotopic (exact) mass is 464 g/mol. The molecule has 2 aromatic carbocycles. The fourth-order valence-corrected chi connectivity index (χ4v) is 3.90. The molecule has 1 aliphatic heterocycles. The summed E-state index contributed by atoms with van der Waals surface area (Å²) >= 11 is 0. The Bertz CT molecular complexity index is 1170. The van der Waals surface area contributed by atoms with Crippen LogP contribution in [-0.2, 0) is 4.74 Å². The van der Waals surface area contributed by atoms with Crippen LogP contribution in [0.25, 0.3) is 17.0 Å². The lowest BCUT2D eigenvalue weighted by Crippen LogP contribution is -2.47. The standard InChI is InChI=1S/C25H28N4O5/c1-5-33-19-11-9-17(10-12-19)23-27-24(34-28-23)21-16(2)29(13-14-31-3)25(30)26-22(21)18-7-6-8-20(15-18)32-4/h6-12,15,22H,5,13-14H2,1-4H3,(H,26,30). The third-order valence-corrected chi connectivity index (χ3v) is 5.62. The van der Waals surface area contributed by atoms with Crippen molar-refractivity contribution in [3.8, 4) is 22.9 Å². The van der Waals surface area contributed by atoms with Gasteiger partial charge in [-0.1, -0.05) is 17.3 Å². The molecule has 2 heterocycles. The predicted molar refractivity (Wildman–Crippen MR) is 126 cm³/mol. The SMILES string of the molecule is CCOc1ccc(-c2noc(C3=C(C)N(CCOC)C(=O)NC3c3cccc(OC)c3)n2)cc1. The molecule has 1 atom stereocenters. The minimum Gasteiger partial charge on any atom is -0.497 e. The number of carbonyl (C=O) groups is 1. The molecule has 0 bridgehead atoms. The first-order valence-corrected chi connectivity index (χ1v) is 11.0. The third-order valence-electron chi connectivity index (χ3n) is 5.62. The van der Waals surface area contributed by atoms with Crippen molar-refractivity contribution >= 4 is 11.6 Å². The molecule has 0 spiro atoms. The maximum Gasteiger partial charge on any atom is 0.322 e. The Morgan fingerprint density at radius 2 is 1.91 bits per heavy atom. The van der Waals surface area contributed by atoms with Gasteiger partial charge in [-0.2, -0.15) is 4.98 Å². The lowest BCUT2D eigenvalue weighted by molar-refractivity contribution is 0.158. The average Bonchev–Trinajstić information content (AvgIpc) is 3.34. The zero-order valence-electron chi connectivity index (χ0n) is 19.7. The highest BCUT2D eigenvalue weighted by atomic mass is 16.5. The van der Waals surface area contributed by atoms with Crippen molar-refractivity contribution in [2.24, 2.45) is 0 Å². The van der Waals surface area contributed by atoms with Crippen LogP contribution in [0.4, 0.5) is 4.79 Å². The molecular formula is C25H28N4O5. The first kappa shape index (κ1) is 23.3. The summed E-state index contributed by atoms with van der Waals surface area (Å²) in [6.07, 6.45) is 0. The Kier molecular flexibility index (Phi) is 7.12. The number of hydrogen-bond donors (Lipinski definition) is 1. The van der Waals surface area contributed by atoms with Crippen LogP contribution in [0.3, 0.4) is 0 Å². The van der Waals surface area contributed by atoms with E-state index in [-0.39, 0.29) is 6.03 Å². The molecule has 1 unspecified atom stereocenters. The number of ether oxygens (including phenoxy) is 3. The van der Waals surface area contributed by atoms with Gasteiger partial charge >= 0.3 is 6.03 Å². The van der Waals surface area contributed by atoms with Gasteiger partial charge in [-0.15, -0.1) is 0 Å². The van der Waals surface area contributed by atoms with E-state index in [1.54, 1.807) is 19.1 Å². The Morgan fingerprint density at radius 1 is 1.12 bits per heavy atom. The van der Waals surface area contributed by atoms with Gasteiger partial charge in [0, 0.05) is 18.4 Å². The quantitative estimate of drug-likeness (QED) is 0.504. The lowest BCUT2D eigenvalue weighted by Gasteiger charge is -2.35. The Hall–Kier alpha value is -3.85. The van der Waals surface area contributed by atoms with Crippen LogP contribution in [0.15, 0.2) is 58.8 Å². The predicted octanol–water partition coefficient (Wildman–Crippen LogP) is 4.29. The highest BCUT2D eigenvalue weighted by molar-refractivity contribution is 5.87. The fourth-order valence-electron chi connectivity index (χ4n) is 3.90. The molecular weight excluding hydrogens is 436 g/mol. The lowest BCUT2D eigenvalue weighted by atomic mass is 9.94. The Labute approximate surface area is 198 Å². The summed E-state index contributed by atoms with van der Waals surface area (Å²) in [5, 5.41) is 7.26. The second kappa shape index (κ2) is 10.4. The molecule has 4 rings (SSSR count). The van der Waals surface area contributed by atoms with Gasteiger partial charge in [0.1, 0.15) is 11.5 Å². The number of amides is 2. The number of methoxy groups -OCH3 is 2. The van der Waals surface area contributed by atoms with Gasteiger partial charge < -0.3 is 24.1 Å². The molecule has 3 aromatic rings. The van der Waals surface area contributed by atoms with Gasteiger partial charge in [-0.05, 0) is 55.8 Å². The zero-order chi connectivity index (χ0) is 24.1. The minimum atomic E-state index is -0.491. The van der Waals surface area contributed by atoms with Crippen molar-refractivity contribution in [3.63, 3.8) is 0 Å².